The summed E-state index contributed by atoms with van der Waals surface area (Å²) in [5, 5.41) is 3.60. The number of likely N-dealkylation sites (tertiary alicyclic amines) is 1. The maximum Gasteiger partial charge on any atom is 0.0829 e. The van der Waals surface area contributed by atoms with Crippen LogP contribution in [-0.2, 0) is 4.74 Å². The summed E-state index contributed by atoms with van der Waals surface area (Å²) in [6, 6.07) is 1.42. The van der Waals surface area contributed by atoms with Crippen LogP contribution in [0.2, 0.25) is 0 Å². The van der Waals surface area contributed by atoms with Gasteiger partial charge in [0.25, 0.3) is 0 Å². The Kier molecular flexibility index (Phi) is 4.74. The van der Waals surface area contributed by atoms with Crippen LogP contribution in [0.3, 0.4) is 0 Å². The lowest BCUT2D eigenvalue weighted by atomic mass is 10.0. The number of hydrogen-bond donors (Lipinski definition) is 1. The molecule has 0 aliphatic carbocycles. The van der Waals surface area contributed by atoms with Crippen molar-refractivity contribution in [2.45, 2.75) is 50.8 Å². The number of nitrogens with one attached hydrogen (secondary N) is 1. The second-order valence-corrected chi connectivity index (χ2v) is 6.40. The van der Waals surface area contributed by atoms with Gasteiger partial charge in [-0.1, -0.05) is 6.92 Å². The van der Waals surface area contributed by atoms with Crippen molar-refractivity contribution in [3.05, 3.63) is 0 Å². The number of rotatable bonds is 4. The van der Waals surface area contributed by atoms with Gasteiger partial charge in [0.15, 0.2) is 0 Å². The average Bonchev–Trinajstić information content (AvgIpc) is 2.87. The van der Waals surface area contributed by atoms with Crippen LogP contribution in [0, 0.1) is 0 Å². The molecule has 110 valence electrons. The van der Waals surface area contributed by atoms with Crippen LogP contribution in [-0.4, -0.2) is 73.9 Å². The van der Waals surface area contributed by atoms with E-state index in [1.165, 1.54) is 45.3 Å². The first kappa shape index (κ1) is 13.8. The summed E-state index contributed by atoms with van der Waals surface area (Å²) in [7, 11) is 0. The van der Waals surface area contributed by atoms with Gasteiger partial charge in [-0.15, -0.1) is 0 Å². The number of hydrogen-bond acceptors (Lipinski definition) is 4. The highest BCUT2D eigenvalue weighted by Gasteiger charge is 2.33. The molecule has 1 N–H and O–H groups in total. The summed E-state index contributed by atoms with van der Waals surface area (Å²) in [6.07, 6.45) is 5.82. The van der Waals surface area contributed by atoms with Crippen LogP contribution in [0.5, 0.6) is 0 Å². The second kappa shape index (κ2) is 6.53. The Labute approximate surface area is 117 Å². The zero-order valence-electron chi connectivity index (χ0n) is 12.3. The molecule has 0 aromatic carbocycles. The highest BCUT2D eigenvalue weighted by atomic mass is 16.5. The quantitative estimate of drug-likeness (QED) is 0.820. The predicted molar refractivity (Wildman–Crippen MR) is 77.5 cm³/mol. The molecule has 3 atom stereocenters. The van der Waals surface area contributed by atoms with Gasteiger partial charge in [-0.3, -0.25) is 9.80 Å². The lowest BCUT2D eigenvalue weighted by molar-refractivity contribution is -0.0636. The minimum atomic E-state index is 0.440. The van der Waals surface area contributed by atoms with E-state index in [-0.39, 0.29) is 0 Å². The third kappa shape index (κ3) is 3.48. The van der Waals surface area contributed by atoms with Crippen LogP contribution in [0.15, 0.2) is 0 Å². The van der Waals surface area contributed by atoms with Gasteiger partial charge in [-0.25, -0.2) is 0 Å². The molecule has 3 aliphatic heterocycles. The fourth-order valence-electron chi connectivity index (χ4n) is 3.96. The zero-order chi connectivity index (χ0) is 13.1. The summed E-state index contributed by atoms with van der Waals surface area (Å²) in [4.78, 5) is 5.26. The first-order valence-electron chi connectivity index (χ1n) is 8.16. The topological polar surface area (TPSA) is 27.7 Å². The molecule has 0 bridgehead atoms. The largest absolute Gasteiger partial charge is 0.374 e. The van der Waals surface area contributed by atoms with Crippen molar-refractivity contribution in [3.8, 4) is 0 Å². The molecular weight excluding hydrogens is 238 g/mol. The average molecular weight is 267 g/mol. The van der Waals surface area contributed by atoms with Gasteiger partial charge in [0, 0.05) is 31.7 Å². The van der Waals surface area contributed by atoms with Gasteiger partial charge in [-0.05, 0) is 45.3 Å². The number of fused-ring (bicyclic) bond motifs is 1. The Morgan fingerprint density at radius 1 is 1.16 bits per heavy atom. The molecule has 0 amide bonds. The third-order valence-electron chi connectivity index (χ3n) is 4.92. The highest BCUT2D eigenvalue weighted by Crippen LogP contribution is 2.23. The Morgan fingerprint density at radius 3 is 2.95 bits per heavy atom. The van der Waals surface area contributed by atoms with Gasteiger partial charge < -0.3 is 10.1 Å². The van der Waals surface area contributed by atoms with E-state index in [0.29, 0.717) is 12.1 Å². The minimum Gasteiger partial charge on any atom is -0.374 e. The van der Waals surface area contributed by atoms with Crippen molar-refractivity contribution < 1.29 is 4.74 Å². The molecule has 3 rings (SSSR count). The molecular formula is C15H29N3O. The third-order valence-corrected chi connectivity index (χ3v) is 4.92. The number of likely N-dealkylation sites (N-methyl/N-ethyl adjacent to an activating group) is 1. The van der Waals surface area contributed by atoms with Crippen molar-refractivity contribution in [2.24, 2.45) is 0 Å². The van der Waals surface area contributed by atoms with Crippen LogP contribution in [0.4, 0.5) is 0 Å². The van der Waals surface area contributed by atoms with E-state index in [0.717, 1.165) is 32.3 Å². The van der Waals surface area contributed by atoms with E-state index >= 15 is 0 Å². The van der Waals surface area contributed by atoms with E-state index in [9.17, 15) is 0 Å². The summed E-state index contributed by atoms with van der Waals surface area (Å²) < 4.78 is 6.09. The smallest absolute Gasteiger partial charge is 0.0829 e. The summed E-state index contributed by atoms with van der Waals surface area (Å²) in [5.74, 6) is 0. The van der Waals surface area contributed by atoms with E-state index in [1.807, 2.05) is 0 Å². The maximum atomic E-state index is 6.09. The van der Waals surface area contributed by atoms with E-state index in [4.69, 9.17) is 4.74 Å². The molecule has 3 saturated heterocycles. The van der Waals surface area contributed by atoms with Crippen molar-refractivity contribution >= 4 is 0 Å². The van der Waals surface area contributed by atoms with E-state index in [1.54, 1.807) is 0 Å². The molecule has 3 aliphatic rings. The van der Waals surface area contributed by atoms with Gasteiger partial charge in [0.05, 0.1) is 12.7 Å². The van der Waals surface area contributed by atoms with Crippen molar-refractivity contribution in [1.82, 2.24) is 15.1 Å². The van der Waals surface area contributed by atoms with E-state index < -0.39 is 0 Å². The van der Waals surface area contributed by atoms with Gasteiger partial charge in [-0.2, -0.15) is 0 Å². The van der Waals surface area contributed by atoms with Crippen molar-refractivity contribution in [3.63, 3.8) is 0 Å². The molecule has 0 aromatic rings. The van der Waals surface area contributed by atoms with Gasteiger partial charge in [0.1, 0.15) is 0 Å². The van der Waals surface area contributed by atoms with Crippen molar-refractivity contribution in [2.75, 3.05) is 45.9 Å². The minimum absolute atomic E-state index is 0.440. The Balaban J connectivity index is 1.45. The maximum absolute atomic E-state index is 6.09. The highest BCUT2D eigenvalue weighted by molar-refractivity contribution is 4.87. The summed E-state index contributed by atoms with van der Waals surface area (Å²) in [5.41, 5.74) is 0. The molecule has 3 heterocycles. The first-order valence-corrected chi connectivity index (χ1v) is 8.16. The first-order chi connectivity index (χ1) is 9.35. The number of nitrogens with zero attached hydrogens (tertiary/aromatic N) is 2. The lowest BCUT2D eigenvalue weighted by Crippen LogP contribution is -2.53. The van der Waals surface area contributed by atoms with Crippen LogP contribution >= 0.6 is 0 Å². The van der Waals surface area contributed by atoms with Crippen LogP contribution in [0.1, 0.15) is 32.6 Å². The molecule has 3 fully saturated rings. The Hall–Kier alpha value is -0.160. The van der Waals surface area contributed by atoms with Gasteiger partial charge in [0.2, 0.25) is 0 Å². The number of morpholine rings is 1. The molecule has 0 saturated carbocycles. The summed E-state index contributed by atoms with van der Waals surface area (Å²) in [6.45, 7) is 10.3. The second-order valence-electron chi connectivity index (χ2n) is 6.40. The van der Waals surface area contributed by atoms with Gasteiger partial charge >= 0.3 is 0 Å². The molecule has 4 heteroatoms. The summed E-state index contributed by atoms with van der Waals surface area (Å²) >= 11 is 0. The molecule has 0 aromatic heterocycles. The lowest BCUT2D eigenvalue weighted by Gasteiger charge is -2.40. The predicted octanol–water partition coefficient (Wildman–Crippen LogP) is 0.924. The van der Waals surface area contributed by atoms with Crippen LogP contribution < -0.4 is 5.32 Å². The Bertz CT molecular complexity index is 285. The SMILES string of the molecule is CCNC1CCCN(CC2CN3CCCC3CO2)C1. The molecule has 0 spiro atoms. The van der Waals surface area contributed by atoms with Crippen molar-refractivity contribution in [1.29, 1.82) is 0 Å². The normalized spacial score (nSPS) is 37.4. The fourth-order valence-corrected chi connectivity index (χ4v) is 3.96. The number of piperidine rings is 1. The standard InChI is InChI=1S/C15H29N3O/c1-2-16-13-5-3-7-17(9-13)10-15-11-18-8-4-6-14(18)12-19-15/h13-16H,2-12H2,1H3. The molecule has 0 radical (unpaired) electrons. The molecule has 3 unspecified atom stereocenters. The number of ether oxygens (including phenoxy) is 1. The van der Waals surface area contributed by atoms with E-state index in [2.05, 4.69) is 22.0 Å². The Morgan fingerprint density at radius 2 is 2.05 bits per heavy atom. The fraction of sp³-hybridized carbons (Fsp3) is 1.00. The molecule has 19 heavy (non-hydrogen) atoms. The zero-order valence-corrected chi connectivity index (χ0v) is 12.3. The van der Waals surface area contributed by atoms with Crippen LogP contribution in [0.25, 0.3) is 0 Å². The monoisotopic (exact) mass is 267 g/mol. The molecule has 4 nitrogen and oxygen atoms in total.